The van der Waals surface area contributed by atoms with Crippen molar-refractivity contribution in [2.75, 3.05) is 27.3 Å². The molecule has 3 aromatic carbocycles. The first kappa shape index (κ1) is 26.0. The number of hydrogen-bond acceptors (Lipinski definition) is 5. The predicted molar refractivity (Wildman–Crippen MR) is 137 cm³/mol. The van der Waals surface area contributed by atoms with Gasteiger partial charge in [-0.3, -0.25) is 0 Å². The van der Waals surface area contributed by atoms with Crippen molar-refractivity contribution in [2.45, 2.75) is 17.4 Å². The highest BCUT2D eigenvalue weighted by Crippen LogP contribution is 2.31. The Morgan fingerprint density at radius 1 is 0.914 bits per heavy atom. The van der Waals surface area contributed by atoms with E-state index < -0.39 is 15.6 Å². The fourth-order valence-corrected chi connectivity index (χ4v) is 4.80. The normalized spacial score (nSPS) is 11.5. The first-order valence-electron chi connectivity index (χ1n) is 10.9. The van der Waals surface area contributed by atoms with Crippen LogP contribution in [0.4, 0.5) is 0 Å². The summed E-state index contributed by atoms with van der Waals surface area (Å²) in [5.41, 5.74) is 0.315. The van der Waals surface area contributed by atoms with Crippen molar-refractivity contribution in [3.8, 4) is 23.3 Å². The molecular weight excluding hydrogens is 462 g/mol. The Kier molecular flexibility index (Phi) is 8.36. The molecule has 7 heteroatoms. The molecule has 0 aliphatic heterocycles. The monoisotopic (exact) mass is 491 g/mol. The Morgan fingerprint density at radius 3 is 1.83 bits per heavy atom. The van der Waals surface area contributed by atoms with Crippen molar-refractivity contribution >= 4 is 10.0 Å². The summed E-state index contributed by atoms with van der Waals surface area (Å²) in [7, 11) is -0.675. The van der Waals surface area contributed by atoms with E-state index in [0.717, 1.165) is 5.56 Å². The Morgan fingerprint density at radius 2 is 1.40 bits per heavy atom. The largest absolute Gasteiger partial charge is 0.497 e. The van der Waals surface area contributed by atoms with Gasteiger partial charge in [0, 0.05) is 17.7 Å². The third-order valence-electron chi connectivity index (χ3n) is 5.53. The van der Waals surface area contributed by atoms with Gasteiger partial charge in [0.15, 0.2) is 5.60 Å². The molecule has 0 heterocycles. The molecule has 0 bridgehead atoms. The third-order valence-corrected chi connectivity index (χ3v) is 7.36. The van der Waals surface area contributed by atoms with E-state index in [2.05, 4.69) is 18.4 Å². The van der Waals surface area contributed by atoms with Crippen LogP contribution in [0.1, 0.15) is 16.7 Å². The summed E-state index contributed by atoms with van der Waals surface area (Å²) < 4.78 is 38.1. The van der Waals surface area contributed by atoms with Crippen LogP contribution < -0.4 is 9.47 Å². The molecule has 0 aromatic heterocycles. The van der Waals surface area contributed by atoms with Gasteiger partial charge in [-0.05, 0) is 43.3 Å². The molecule has 0 unspecified atom stereocenters. The maximum absolute atomic E-state index is 13.2. The lowest BCUT2D eigenvalue weighted by molar-refractivity contribution is 0.145. The van der Waals surface area contributed by atoms with Gasteiger partial charge in [0.2, 0.25) is 10.0 Å². The second-order valence-corrected chi connectivity index (χ2v) is 9.81. The van der Waals surface area contributed by atoms with Crippen LogP contribution >= 0.6 is 0 Å². The summed E-state index contributed by atoms with van der Waals surface area (Å²) in [4.78, 5) is 0.173. The van der Waals surface area contributed by atoms with Crippen LogP contribution in [0.2, 0.25) is 0 Å². The first-order chi connectivity index (χ1) is 16.7. The number of aryl methyl sites for hydroxylation is 1. The maximum Gasteiger partial charge on any atom is 0.244 e. The van der Waals surface area contributed by atoms with Gasteiger partial charge in [-0.25, -0.2) is 8.42 Å². The van der Waals surface area contributed by atoms with Crippen molar-refractivity contribution in [1.82, 2.24) is 4.31 Å². The number of methoxy groups -OCH3 is 2. The molecule has 3 aromatic rings. The molecule has 182 valence electrons. The van der Waals surface area contributed by atoms with Gasteiger partial charge in [-0.1, -0.05) is 59.9 Å². The first-order valence-corrected chi connectivity index (χ1v) is 12.4. The summed E-state index contributed by atoms with van der Waals surface area (Å²) in [6.45, 7) is 5.52. The van der Waals surface area contributed by atoms with E-state index in [1.54, 1.807) is 87.0 Å². The molecule has 0 fully saturated rings. The molecule has 0 saturated carbocycles. The molecule has 1 N–H and O–H groups in total. The Hall–Kier alpha value is -3.57. The fourth-order valence-electron chi connectivity index (χ4n) is 3.48. The quantitative estimate of drug-likeness (QED) is 0.360. The molecule has 0 radical (unpaired) electrons. The molecule has 0 atom stereocenters. The van der Waals surface area contributed by atoms with E-state index in [1.165, 1.54) is 10.4 Å². The van der Waals surface area contributed by atoms with Gasteiger partial charge in [-0.2, -0.15) is 4.31 Å². The Balaban J connectivity index is 2.00. The second kappa shape index (κ2) is 11.2. The molecule has 6 nitrogen and oxygen atoms in total. The van der Waals surface area contributed by atoms with Crippen molar-refractivity contribution < 1.29 is 23.0 Å². The van der Waals surface area contributed by atoms with E-state index in [4.69, 9.17) is 9.47 Å². The van der Waals surface area contributed by atoms with Gasteiger partial charge >= 0.3 is 0 Å². The van der Waals surface area contributed by atoms with E-state index in [0.29, 0.717) is 22.6 Å². The van der Waals surface area contributed by atoms with E-state index in [9.17, 15) is 13.5 Å². The van der Waals surface area contributed by atoms with Crippen LogP contribution in [0, 0.1) is 18.8 Å². The van der Waals surface area contributed by atoms with Crippen molar-refractivity contribution in [2.24, 2.45) is 0 Å². The fraction of sp³-hybridized carbons (Fsp3) is 0.214. The number of nitrogens with zero attached hydrogens (tertiary/aromatic N) is 1. The number of hydrogen-bond donors (Lipinski definition) is 1. The van der Waals surface area contributed by atoms with Crippen LogP contribution in [0.5, 0.6) is 11.5 Å². The van der Waals surface area contributed by atoms with E-state index in [-0.39, 0.29) is 18.0 Å². The van der Waals surface area contributed by atoms with Crippen LogP contribution in [0.25, 0.3) is 0 Å². The average Bonchev–Trinajstić information content (AvgIpc) is 2.88. The van der Waals surface area contributed by atoms with Gasteiger partial charge in [0.1, 0.15) is 11.5 Å². The highest BCUT2D eigenvalue weighted by molar-refractivity contribution is 7.89. The maximum atomic E-state index is 13.2. The van der Waals surface area contributed by atoms with E-state index in [1.807, 2.05) is 6.92 Å². The van der Waals surface area contributed by atoms with Crippen LogP contribution in [0.3, 0.4) is 0 Å². The third kappa shape index (κ3) is 5.92. The second-order valence-electron chi connectivity index (χ2n) is 7.87. The Bertz CT molecular complexity index is 1260. The van der Waals surface area contributed by atoms with Gasteiger partial charge in [0.25, 0.3) is 0 Å². The van der Waals surface area contributed by atoms with Crippen LogP contribution in [0.15, 0.2) is 90.3 Å². The summed E-state index contributed by atoms with van der Waals surface area (Å²) in [5, 5.41) is 11.7. The predicted octanol–water partition coefficient (Wildman–Crippen LogP) is 4.13. The van der Waals surface area contributed by atoms with E-state index >= 15 is 0 Å². The number of sulfonamides is 1. The topological polar surface area (TPSA) is 76.1 Å². The highest BCUT2D eigenvalue weighted by atomic mass is 32.2. The summed E-state index contributed by atoms with van der Waals surface area (Å²) in [5.74, 6) is 7.08. The van der Waals surface area contributed by atoms with Gasteiger partial charge < -0.3 is 14.6 Å². The van der Waals surface area contributed by atoms with Crippen molar-refractivity contribution in [3.63, 3.8) is 0 Å². The zero-order valence-corrected chi connectivity index (χ0v) is 20.9. The number of ether oxygens (including phenoxy) is 2. The molecule has 35 heavy (non-hydrogen) atoms. The Labute approximate surface area is 207 Å². The minimum atomic E-state index is -3.80. The van der Waals surface area contributed by atoms with Gasteiger partial charge in [0.05, 0.1) is 25.7 Å². The van der Waals surface area contributed by atoms with Crippen molar-refractivity contribution in [1.29, 1.82) is 0 Å². The minimum absolute atomic E-state index is 0.0778. The molecule has 0 aliphatic rings. The lowest BCUT2D eigenvalue weighted by atomic mass is 9.86. The average molecular weight is 492 g/mol. The molecule has 0 amide bonds. The number of rotatable bonds is 9. The highest BCUT2D eigenvalue weighted by Gasteiger charge is 2.30. The van der Waals surface area contributed by atoms with Crippen molar-refractivity contribution in [3.05, 3.63) is 102 Å². The SMILES string of the molecule is C=CCN(CC#CC(O)(c1ccc(OC)cc1)c1ccc(OC)cc1)S(=O)(=O)c1ccc(C)cc1. The minimum Gasteiger partial charge on any atom is -0.497 e. The molecule has 0 saturated heterocycles. The lowest BCUT2D eigenvalue weighted by Gasteiger charge is -2.24. The number of benzene rings is 3. The summed E-state index contributed by atoms with van der Waals surface area (Å²) in [6, 6.07) is 20.5. The van der Waals surface area contributed by atoms with Crippen LogP contribution in [-0.4, -0.2) is 45.1 Å². The summed E-state index contributed by atoms with van der Waals surface area (Å²) >= 11 is 0. The van der Waals surface area contributed by atoms with Crippen LogP contribution in [-0.2, 0) is 15.6 Å². The van der Waals surface area contributed by atoms with Gasteiger partial charge in [-0.15, -0.1) is 6.58 Å². The standard InChI is InChI=1S/C28H29NO5S/c1-5-20-29(35(31,32)27-17-7-22(2)8-18-27)21-6-19-28(30,23-9-13-25(33-3)14-10-23)24-11-15-26(34-4)16-12-24/h5,7-18,30H,1,20-21H2,2-4H3. The molecule has 3 rings (SSSR count). The smallest absolute Gasteiger partial charge is 0.244 e. The molecule has 0 spiro atoms. The lowest BCUT2D eigenvalue weighted by Crippen LogP contribution is -2.32. The zero-order valence-electron chi connectivity index (χ0n) is 20.1. The summed E-state index contributed by atoms with van der Waals surface area (Å²) in [6.07, 6.45) is 1.51. The molecular formula is C28H29NO5S. The number of aliphatic hydroxyl groups is 1. The zero-order chi connectivity index (χ0) is 25.5. The molecule has 0 aliphatic carbocycles.